The molecule has 218 valence electrons. The van der Waals surface area contributed by atoms with Gasteiger partial charge in [0.1, 0.15) is 29.3 Å². The Morgan fingerprint density at radius 3 is 2.15 bits per heavy atom. The van der Waals surface area contributed by atoms with Crippen LogP contribution in [-0.4, -0.2) is 92.5 Å². The smallest absolute Gasteiger partial charge is 0.408 e. The van der Waals surface area contributed by atoms with Crippen molar-refractivity contribution in [2.45, 2.75) is 58.8 Å². The van der Waals surface area contributed by atoms with Gasteiger partial charge in [-0.15, -0.1) is 0 Å². The number of nitrogens with zero attached hydrogens (tertiary/aromatic N) is 4. The summed E-state index contributed by atoms with van der Waals surface area (Å²) >= 11 is 0. The van der Waals surface area contributed by atoms with Crippen LogP contribution in [0, 0.1) is 0 Å². The van der Waals surface area contributed by atoms with E-state index in [0.717, 1.165) is 0 Å². The lowest BCUT2D eigenvalue weighted by Crippen LogP contribution is -2.60. The number of aliphatic hydroxyl groups excluding tert-OH is 1. The minimum atomic E-state index is -1.19. The molecule has 1 saturated heterocycles. The van der Waals surface area contributed by atoms with Crippen LogP contribution in [0.3, 0.4) is 0 Å². The molecule has 1 fully saturated rings. The van der Waals surface area contributed by atoms with Crippen LogP contribution in [0.25, 0.3) is 5.69 Å². The number of alkyl carbamates (subject to hydrolysis) is 1. The average molecular weight is 559 g/mol. The Morgan fingerprint density at radius 2 is 1.60 bits per heavy atom. The monoisotopic (exact) mass is 558 g/mol. The first-order valence-electron chi connectivity index (χ1n) is 13.0. The molecule has 2 heterocycles. The van der Waals surface area contributed by atoms with E-state index in [1.807, 2.05) is 0 Å². The molecule has 1 aliphatic heterocycles. The van der Waals surface area contributed by atoms with Gasteiger partial charge in [-0.3, -0.25) is 14.7 Å². The van der Waals surface area contributed by atoms with Gasteiger partial charge in [-0.25, -0.2) is 14.4 Å². The molecular formula is C27H38N6O7. The van der Waals surface area contributed by atoms with E-state index < -0.39 is 35.1 Å². The van der Waals surface area contributed by atoms with Crippen LogP contribution in [-0.2, 0) is 9.53 Å². The summed E-state index contributed by atoms with van der Waals surface area (Å²) in [6, 6.07) is 7.80. The van der Waals surface area contributed by atoms with E-state index in [2.05, 4.69) is 15.6 Å². The van der Waals surface area contributed by atoms with Crippen LogP contribution < -0.4 is 21.1 Å². The number of ether oxygens (including phenoxy) is 2. The van der Waals surface area contributed by atoms with E-state index in [1.54, 1.807) is 70.7 Å². The zero-order chi connectivity index (χ0) is 29.7. The SMILES string of the molecule is CC(O)COc1ccc(-n2ccc(NC(=O)N3CCN(C(=O)C(C)(C)NC(=O)OC(C)(C)C)CC3)nc2=O)cc1. The van der Waals surface area contributed by atoms with Crippen LogP contribution >= 0.6 is 0 Å². The third-order valence-electron chi connectivity index (χ3n) is 5.85. The van der Waals surface area contributed by atoms with Crippen LogP contribution in [0.15, 0.2) is 41.3 Å². The van der Waals surface area contributed by atoms with Crippen molar-refractivity contribution in [1.82, 2.24) is 24.7 Å². The van der Waals surface area contributed by atoms with Gasteiger partial charge >= 0.3 is 17.8 Å². The lowest BCUT2D eigenvalue weighted by atomic mass is 10.0. The maximum Gasteiger partial charge on any atom is 0.408 e. The number of nitrogens with one attached hydrogen (secondary N) is 2. The van der Waals surface area contributed by atoms with Gasteiger partial charge in [0.25, 0.3) is 0 Å². The maximum atomic E-state index is 13.0. The number of carbonyl (C=O) groups is 3. The molecule has 0 spiro atoms. The van der Waals surface area contributed by atoms with Gasteiger partial charge in [0.2, 0.25) is 5.91 Å². The second kappa shape index (κ2) is 12.4. The molecule has 3 rings (SSSR count). The number of rotatable bonds is 7. The van der Waals surface area contributed by atoms with Crippen LogP contribution in [0.2, 0.25) is 0 Å². The fourth-order valence-corrected chi connectivity index (χ4v) is 3.90. The number of hydrogen-bond acceptors (Lipinski definition) is 8. The summed E-state index contributed by atoms with van der Waals surface area (Å²) in [4.78, 5) is 57.6. The van der Waals surface area contributed by atoms with Gasteiger partial charge in [0.15, 0.2) is 0 Å². The molecular weight excluding hydrogens is 520 g/mol. The zero-order valence-electron chi connectivity index (χ0n) is 23.8. The number of hydrogen-bond donors (Lipinski definition) is 3. The van der Waals surface area contributed by atoms with Gasteiger partial charge in [-0.2, -0.15) is 4.98 Å². The van der Waals surface area contributed by atoms with Crippen molar-refractivity contribution in [2.75, 3.05) is 38.1 Å². The van der Waals surface area contributed by atoms with E-state index in [4.69, 9.17) is 9.47 Å². The van der Waals surface area contributed by atoms with E-state index >= 15 is 0 Å². The summed E-state index contributed by atoms with van der Waals surface area (Å²) < 4.78 is 12.0. The summed E-state index contributed by atoms with van der Waals surface area (Å²) in [5.74, 6) is 0.370. The first kappa shape index (κ1) is 30.4. The first-order valence-corrected chi connectivity index (χ1v) is 13.0. The topological polar surface area (TPSA) is 155 Å². The van der Waals surface area contributed by atoms with Crippen LogP contribution in [0.4, 0.5) is 15.4 Å². The normalized spacial score (nSPS) is 14.8. The quantitative estimate of drug-likeness (QED) is 0.466. The molecule has 0 bridgehead atoms. The van der Waals surface area contributed by atoms with Gasteiger partial charge in [-0.1, -0.05) is 0 Å². The number of amides is 4. The molecule has 1 aliphatic rings. The number of aromatic nitrogens is 2. The second-order valence-corrected chi connectivity index (χ2v) is 11.1. The molecule has 1 unspecified atom stereocenters. The molecule has 0 radical (unpaired) electrons. The molecule has 1 aromatic heterocycles. The minimum absolute atomic E-state index is 0.101. The average Bonchev–Trinajstić information content (AvgIpc) is 2.86. The molecule has 4 amide bonds. The Hall–Kier alpha value is -4.13. The number of piperazine rings is 1. The summed E-state index contributed by atoms with van der Waals surface area (Å²) in [7, 11) is 0. The second-order valence-electron chi connectivity index (χ2n) is 11.1. The number of anilines is 1. The largest absolute Gasteiger partial charge is 0.491 e. The van der Waals surface area contributed by atoms with Crippen molar-refractivity contribution in [1.29, 1.82) is 0 Å². The van der Waals surface area contributed by atoms with Gasteiger partial charge in [0.05, 0.1) is 11.8 Å². The Morgan fingerprint density at radius 1 is 1.00 bits per heavy atom. The Balaban J connectivity index is 1.54. The van der Waals surface area contributed by atoms with E-state index in [1.165, 1.54) is 21.7 Å². The van der Waals surface area contributed by atoms with Gasteiger partial charge in [0, 0.05) is 32.4 Å². The fourth-order valence-electron chi connectivity index (χ4n) is 3.90. The van der Waals surface area contributed by atoms with Crippen molar-refractivity contribution in [3.05, 3.63) is 47.0 Å². The summed E-state index contributed by atoms with van der Waals surface area (Å²) in [6.45, 7) is 11.3. The molecule has 3 N–H and O–H groups in total. The highest BCUT2D eigenvalue weighted by Gasteiger charge is 2.36. The van der Waals surface area contributed by atoms with Gasteiger partial charge < -0.3 is 29.7 Å². The van der Waals surface area contributed by atoms with Crippen molar-refractivity contribution in [3.8, 4) is 11.4 Å². The Kier molecular flexibility index (Phi) is 9.40. The first-order chi connectivity index (χ1) is 18.6. The third-order valence-corrected chi connectivity index (χ3v) is 5.85. The van der Waals surface area contributed by atoms with E-state index in [9.17, 15) is 24.3 Å². The van der Waals surface area contributed by atoms with Crippen LogP contribution in [0.1, 0.15) is 41.5 Å². The van der Waals surface area contributed by atoms with Crippen molar-refractivity contribution >= 4 is 23.8 Å². The molecule has 1 aromatic carbocycles. The molecule has 2 aromatic rings. The third kappa shape index (κ3) is 8.43. The maximum absolute atomic E-state index is 13.0. The number of benzene rings is 1. The lowest BCUT2D eigenvalue weighted by Gasteiger charge is -2.38. The summed E-state index contributed by atoms with van der Waals surface area (Å²) in [6.07, 6.45) is 0.227. The highest BCUT2D eigenvalue weighted by atomic mass is 16.6. The molecule has 1 atom stereocenters. The number of aliphatic hydroxyl groups is 1. The van der Waals surface area contributed by atoms with E-state index in [-0.39, 0.29) is 44.5 Å². The lowest BCUT2D eigenvalue weighted by molar-refractivity contribution is -0.138. The van der Waals surface area contributed by atoms with Crippen molar-refractivity contribution in [3.63, 3.8) is 0 Å². The summed E-state index contributed by atoms with van der Waals surface area (Å²) in [5, 5.41) is 14.6. The molecule has 13 heteroatoms. The van der Waals surface area contributed by atoms with E-state index in [0.29, 0.717) is 11.4 Å². The molecule has 0 saturated carbocycles. The minimum Gasteiger partial charge on any atom is -0.491 e. The Labute approximate surface area is 233 Å². The zero-order valence-corrected chi connectivity index (χ0v) is 23.8. The predicted octanol–water partition coefficient (Wildman–Crippen LogP) is 1.97. The highest BCUT2D eigenvalue weighted by molar-refractivity contribution is 5.90. The number of carbonyl (C=O) groups excluding carboxylic acids is 3. The fraction of sp³-hybridized carbons (Fsp3) is 0.519. The Bertz CT molecular complexity index is 1260. The standard InChI is InChI=1S/C27H38N6O7/c1-18(34)17-39-20-9-7-19(8-10-20)33-12-11-21(29-24(33)37)28-23(36)32-15-13-31(14-16-32)22(35)27(5,6)30-25(38)40-26(2,3)4/h7-12,18,34H,13-17H2,1-6H3,(H,30,38)(H,28,29,36,37). The van der Waals surface area contributed by atoms with Gasteiger partial charge in [-0.05, 0) is 71.9 Å². The number of urea groups is 1. The summed E-state index contributed by atoms with van der Waals surface area (Å²) in [5.41, 5.74) is -1.90. The van der Waals surface area contributed by atoms with Crippen molar-refractivity contribution < 1.29 is 29.0 Å². The highest BCUT2D eigenvalue weighted by Crippen LogP contribution is 2.16. The molecule has 40 heavy (non-hydrogen) atoms. The molecule has 13 nitrogen and oxygen atoms in total. The van der Waals surface area contributed by atoms with Crippen molar-refractivity contribution in [2.24, 2.45) is 0 Å². The van der Waals surface area contributed by atoms with Crippen LogP contribution in [0.5, 0.6) is 5.75 Å². The predicted molar refractivity (Wildman–Crippen MR) is 148 cm³/mol. The molecule has 0 aliphatic carbocycles.